The van der Waals surface area contributed by atoms with E-state index in [4.69, 9.17) is 9.47 Å². The second-order valence-electron chi connectivity index (χ2n) is 6.37. The van der Waals surface area contributed by atoms with Crippen molar-refractivity contribution in [2.45, 2.75) is 69.8 Å². The predicted octanol–water partition coefficient (Wildman–Crippen LogP) is 4.64. The van der Waals surface area contributed by atoms with Crippen molar-refractivity contribution in [2.24, 2.45) is 0 Å². The zero-order chi connectivity index (χ0) is 20.1. The number of unbranched alkanes of at least 4 members (excludes halogenated alkanes) is 4. The van der Waals surface area contributed by atoms with Crippen molar-refractivity contribution < 1.29 is 24.2 Å². The fraction of sp³-hybridized carbons (Fsp3) is 0.619. The molecule has 0 aliphatic heterocycles. The largest absolute Gasteiger partial charge is 0.496 e. The Hall–Kier alpha value is -1.53. The van der Waals surface area contributed by atoms with Crippen molar-refractivity contribution in [2.75, 3.05) is 19.5 Å². The first-order valence-corrected chi connectivity index (χ1v) is 10.7. The van der Waals surface area contributed by atoms with Gasteiger partial charge in [0.25, 0.3) is 0 Å². The molecule has 0 radical (unpaired) electrons. The van der Waals surface area contributed by atoms with E-state index in [2.05, 4.69) is 6.92 Å². The van der Waals surface area contributed by atoms with Crippen molar-refractivity contribution in [3.05, 3.63) is 23.8 Å². The van der Waals surface area contributed by atoms with Crippen LogP contribution in [0, 0.1) is 0 Å². The van der Waals surface area contributed by atoms with Gasteiger partial charge in [0.1, 0.15) is 11.9 Å². The van der Waals surface area contributed by atoms with Gasteiger partial charge in [-0.1, -0.05) is 39.0 Å². The summed E-state index contributed by atoms with van der Waals surface area (Å²) in [6.45, 7) is 4.24. The molecule has 152 valence electrons. The first kappa shape index (κ1) is 23.5. The van der Waals surface area contributed by atoms with Crippen molar-refractivity contribution in [1.82, 2.24) is 0 Å². The predicted molar refractivity (Wildman–Crippen MR) is 109 cm³/mol. The number of hydrogen-bond donors (Lipinski definition) is 1. The molecule has 0 aliphatic rings. The number of thioether (sulfide) groups is 1. The highest BCUT2D eigenvalue weighted by Crippen LogP contribution is 2.31. The van der Waals surface area contributed by atoms with Gasteiger partial charge in [0, 0.05) is 12.2 Å². The maximum atomic E-state index is 12.1. The summed E-state index contributed by atoms with van der Waals surface area (Å²) >= 11 is 1.44. The van der Waals surface area contributed by atoms with Crippen LogP contribution in [0.2, 0.25) is 0 Å². The average molecular weight is 397 g/mol. The summed E-state index contributed by atoms with van der Waals surface area (Å²) in [6, 6.07) is 5.10. The maximum Gasteiger partial charge on any atom is 0.338 e. The lowest BCUT2D eigenvalue weighted by Gasteiger charge is -2.11. The third-order valence-corrected chi connectivity index (χ3v) is 5.27. The number of ketones is 1. The van der Waals surface area contributed by atoms with Gasteiger partial charge in [0.2, 0.25) is 0 Å². The molecule has 0 spiro atoms. The normalized spacial score (nSPS) is 11.9. The number of methoxy groups -OCH3 is 1. The zero-order valence-corrected chi connectivity index (χ0v) is 17.5. The number of carbonyl (C=O) groups excluding carboxylic acids is 2. The van der Waals surface area contributed by atoms with E-state index in [-0.39, 0.29) is 18.2 Å². The van der Waals surface area contributed by atoms with Gasteiger partial charge in [-0.15, -0.1) is 11.8 Å². The molecule has 0 saturated carbocycles. The molecule has 6 heteroatoms. The van der Waals surface area contributed by atoms with Crippen molar-refractivity contribution in [3.8, 4) is 5.75 Å². The number of aliphatic hydroxyl groups is 1. The van der Waals surface area contributed by atoms with Crippen LogP contribution in [0.5, 0.6) is 5.75 Å². The van der Waals surface area contributed by atoms with Gasteiger partial charge in [0.05, 0.1) is 24.2 Å². The van der Waals surface area contributed by atoms with Crippen LogP contribution in [0.25, 0.3) is 0 Å². The van der Waals surface area contributed by atoms with E-state index in [1.54, 1.807) is 32.2 Å². The minimum absolute atomic E-state index is 0.126. The SMILES string of the molecule is CCCCCCCC(O)C(=O)CCSc1cc(C(=O)OCC)ccc1OC. The van der Waals surface area contributed by atoms with Crippen LogP contribution >= 0.6 is 11.8 Å². The number of rotatable bonds is 14. The molecular formula is C21H32O5S. The maximum absolute atomic E-state index is 12.1. The molecule has 0 fully saturated rings. The third-order valence-electron chi connectivity index (χ3n) is 4.23. The number of aliphatic hydroxyl groups excluding tert-OH is 1. The Kier molecular flexibility index (Phi) is 11.9. The molecule has 1 aromatic rings. The molecule has 0 aliphatic carbocycles. The van der Waals surface area contributed by atoms with Crippen LogP contribution in [-0.4, -0.2) is 42.4 Å². The molecule has 0 saturated heterocycles. The molecule has 1 aromatic carbocycles. The second kappa shape index (κ2) is 13.6. The van der Waals surface area contributed by atoms with Crippen LogP contribution in [-0.2, 0) is 9.53 Å². The van der Waals surface area contributed by atoms with Gasteiger partial charge in [-0.05, 0) is 31.5 Å². The minimum atomic E-state index is -0.875. The van der Waals surface area contributed by atoms with Gasteiger partial charge >= 0.3 is 5.97 Å². The summed E-state index contributed by atoms with van der Waals surface area (Å²) < 4.78 is 10.3. The van der Waals surface area contributed by atoms with E-state index in [9.17, 15) is 14.7 Å². The molecular weight excluding hydrogens is 364 g/mol. The number of benzene rings is 1. The van der Waals surface area contributed by atoms with E-state index >= 15 is 0 Å². The minimum Gasteiger partial charge on any atom is -0.496 e. The fourth-order valence-corrected chi connectivity index (χ4v) is 3.69. The molecule has 0 bridgehead atoms. The lowest BCUT2D eigenvalue weighted by molar-refractivity contribution is -0.127. The molecule has 0 heterocycles. The molecule has 1 rings (SSSR count). The fourth-order valence-electron chi connectivity index (χ4n) is 2.66. The van der Waals surface area contributed by atoms with Crippen LogP contribution in [0.3, 0.4) is 0 Å². The topological polar surface area (TPSA) is 72.8 Å². The smallest absolute Gasteiger partial charge is 0.338 e. The summed E-state index contributed by atoms with van der Waals surface area (Å²) in [6.07, 6.45) is 5.43. The van der Waals surface area contributed by atoms with Gasteiger partial charge in [-0.25, -0.2) is 4.79 Å². The van der Waals surface area contributed by atoms with Gasteiger partial charge < -0.3 is 14.6 Å². The zero-order valence-electron chi connectivity index (χ0n) is 16.7. The summed E-state index contributed by atoms with van der Waals surface area (Å²) in [5.74, 6) is 0.668. The summed E-state index contributed by atoms with van der Waals surface area (Å²) in [5.41, 5.74) is 0.457. The van der Waals surface area contributed by atoms with E-state index in [0.29, 0.717) is 30.1 Å². The Bertz CT molecular complexity index is 588. The van der Waals surface area contributed by atoms with Crippen molar-refractivity contribution >= 4 is 23.5 Å². The van der Waals surface area contributed by atoms with Crippen LogP contribution in [0.15, 0.2) is 23.1 Å². The van der Waals surface area contributed by atoms with Crippen molar-refractivity contribution in [3.63, 3.8) is 0 Å². The Morgan fingerprint density at radius 3 is 2.56 bits per heavy atom. The highest BCUT2D eigenvalue weighted by atomic mass is 32.2. The Morgan fingerprint density at radius 2 is 1.89 bits per heavy atom. The summed E-state index contributed by atoms with van der Waals surface area (Å²) in [4.78, 5) is 24.8. The van der Waals surface area contributed by atoms with Crippen molar-refractivity contribution in [1.29, 1.82) is 0 Å². The Balaban J connectivity index is 2.48. The monoisotopic (exact) mass is 396 g/mol. The van der Waals surface area contributed by atoms with Crippen LogP contribution in [0.1, 0.15) is 69.2 Å². The van der Waals surface area contributed by atoms with E-state index < -0.39 is 6.10 Å². The molecule has 1 atom stereocenters. The lowest BCUT2D eigenvalue weighted by atomic mass is 10.0. The van der Waals surface area contributed by atoms with Gasteiger partial charge in [0.15, 0.2) is 5.78 Å². The molecule has 0 amide bonds. The third kappa shape index (κ3) is 8.80. The summed E-state index contributed by atoms with van der Waals surface area (Å²) in [7, 11) is 1.57. The van der Waals surface area contributed by atoms with E-state index in [1.807, 2.05) is 0 Å². The number of ether oxygens (including phenoxy) is 2. The molecule has 27 heavy (non-hydrogen) atoms. The number of esters is 1. The molecule has 5 nitrogen and oxygen atoms in total. The standard InChI is InChI=1S/C21H32O5S/c1-4-6-7-8-9-10-17(22)18(23)13-14-27-20-15-16(21(24)26-5-2)11-12-19(20)25-3/h11-12,15,17,22H,4-10,13-14H2,1-3H3. The number of carbonyl (C=O) groups is 2. The average Bonchev–Trinajstić information content (AvgIpc) is 2.67. The Morgan fingerprint density at radius 1 is 1.15 bits per heavy atom. The lowest BCUT2D eigenvalue weighted by Crippen LogP contribution is -2.20. The van der Waals surface area contributed by atoms with Gasteiger partial charge in [-0.3, -0.25) is 4.79 Å². The quantitative estimate of drug-likeness (QED) is 0.280. The number of hydrogen-bond acceptors (Lipinski definition) is 6. The highest BCUT2D eigenvalue weighted by molar-refractivity contribution is 7.99. The van der Waals surface area contributed by atoms with E-state index in [1.165, 1.54) is 24.6 Å². The van der Waals surface area contributed by atoms with Gasteiger partial charge in [-0.2, -0.15) is 0 Å². The van der Waals surface area contributed by atoms with Crippen LogP contribution < -0.4 is 4.74 Å². The number of Topliss-reactive ketones (excluding diaryl/α,β-unsaturated/α-hetero) is 1. The van der Waals surface area contributed by atoms with Crippen LogP contribution in [0.4, 0.5) is 0 Å². The molecule has 1 unspecified atom stereocenters. The second-order valence-corrected chi connectivity index (χ2v) is 7.51. The first-order valence-electron chi connectivity index (χ1n) is 9.72. The highest BCUT2D eigenvalue weighted by Gasteiger charge is 2.16. The first-order chi connectivity index (χ1) is 13.0. The van der Waals surface area contributed by atoms with E-state index in [0.717, 1.165) is 24.2 Å². The molecule has 0 aromatic heterocycles. The summed E-state index contributed by atoms with van der Waals surface area (Å²) in [5, 5.41) is 10.0. The Labute approximate surface area is 166 Å². The molecule has 1 N–H and O–H groups in total.